The van der Waals surface area contributed by atoms with Gasteiger partial charge >= 0.3 is 7.60 Å². The molecule has 0 saturated carbocycles. The number of ether oxygens (including phenoxy) is 2. The maximum Gasteiger partial charge on any atom is 0.330 e. The molecule has 92 valence electrons. The predicted molar refractivity (Wildman–Crippen MR) is 58.1 cm³/mol. The highest BCUT2D eigenvalue weighted by atomic mass is 31.2. The largest absolute Gasteiger partial charge is 0.353 e. The zero-order valence-electron chi connectivity index (χ0n) is 9.89. The molecule has 0 radical (unpaired) electrons. The van der Waals surface area contributed by atoms with Gasteiger partial charge in [0.15, 0.2) is 6.29 Å². The Morgan fingerprint density at radius 1 is 1.07 bits per heavy atom. The SMILES string of the molecule is CCOC(CCP(=O)(OC)OC)OCC. The summed E-state index contributed by atoms with van der Waals surface area (Å²) in [5, 5.41) is 0. The van der Waals surface area contributed by atoms with Crippen molar-refractivity contribution in [2.24, 2.45) is 0 Å². The molecule has 0 atom stereocenters. The second-order valence-electron chi connectivity index (χ2n) is 2.83. The zero-order chi connectivity index (χ0) is 11.7. The van der Waals surface area contributed by atoms with Crippen LogP contribution in [0.2, 0.25) is 0 Å². The minimum absolute atomic E-state index is 0.296. The summed E-state index contributed by atoms with van der Waals surface area (Å²) in [7, 11) is -0.191. The molecule has 0 aliphatic heterocycles. The summed E-state index contributed by atoms with van der Waals surface area (Å²) in [5.41, 5.74) is 0. The number of rotatable bonds is 9. The fourth-order valence-corrected chi connectivity index (χ4v) is 2.15. The van der Waals surface area contributed by atoms with E-state index in [9.17, 15) is 4.57 Å². The van der Waals surface area contributed by atoms with Crippen molar-refractivity contribution in [1.29, 1.82) is 0 Å². The van der Waals surface area contributed by atoms with Crippen LogP contribution in [-0.2, 0) is 23.1 Å². The van der Waals surface area contributed by atoms with Gasteiger partial charge in [0.25, 0.3) is 0 Å². The first-order valence-corrected chi connectivity index (χ1v) is 6.78. The third kappa shape index (κ3) is 6.28. The molecular weight excluding hydrogens is 219 g/mol. The van der Waals surface area contributed by atoms with Gasteiger partial charge in [0, 0.05) is 33.9 Å². The van der Waals surface area contributed by atoms with E-state index in [1.54, 1.807) is 0 Å². The average Bonchev–Trinajstić information content (AvgIpc) is 2.26. The maximum atomic E-state index is 11.7. The molecule has 0 aromatic heterocycles. The van der Waals surface area contributed by atoms with Crippen molar-refractivity contribution in [2.45, 2.75) is 26.6 Å². The lowest BCUT2D eigenvalue weighted by Gasteiger charge is -2.19. The number of hydrogen-bond donors (Lipinski definition) is 0. The average molecular weight is 240 g/mol. The molecule has 0 heterocycles. The van der Waals surface area contributed by atoms with Crippen molar-refractivity contribution in [1.82, 2.24) is 0 Å². The third-order valence-corrected chi connectivity index (χ3v) is 3.82. The van der Waals surface area contributed by atoms with E-state index < -0.39 is 7.60 Å². The Labute approximate surface area is 91.6 Å². The molecule has 0 bridgehead atoms. The Morgan fingerprint density at radius 2 is 1.53 bits per heavy atom. The molecule has 0 spiro atoms. The van der Waals surface area contributed by atoms with Crippen LogP contribution in [0.3, 0.4) is 0 Å². The van der Waals surface area contributed by atoms with Crippen LogP contribution in [-0.4, -0.2) is 39.9 Å². The zero-order valence-corrected chi connectivity index (χ0v) is 10.8. The molecule has 5 nitrogen and oxygen atoms in total. The molecule has 0 aliphatic rings. The molecule has 0 aromatic carbocycles. The van der Waals surface area contributed by atoms with Crippen LogP contribution in [0.5, 0.6) is 0 Å². The fourth-order valence-electron chi connectivity index (χ4n) is 1.11. The Bertz CT molecular complexity index is 183. The van der Waals surface area contributed by atoms with Crippen LogP contribution in [0.25, 0.3) is 0 Å². The van der Waals surface area contributed by atoms with E-state index in [1.807, 2.05) is 13.8 Å². The van der Waals surface area contributed by atoms with Gasteiger partial charge in [-0.1, -0.05) is 0 Å². The summed E-state index contributed by atoms with van der Waals surface area (Å²) in [6.45, 7) is 4.90. The summed E-state index contributed by atoms with van der Waals surface area (Å²) in [4.78, 5) is 0. The van der Waals surface area contributed by atoms with Gasteiger partial charge in [-0.05, 0) is 13.8 Å². The lowest BCUT2D eigenvalue weighted by atomic mass is 10.5. The van der Waals surface area contributed by atoms with E-state index in [-0.39, 0.29) is 6.29 Å². The second-order valence-corrected chi connectivity index (χ2v) is 5.23. The van der Waals surface area contributed by atoms with Crippen LogP contribution in [0.15, 0.2) is 0 Å². The molecule has 0 aliphatic carbocycles. The first-order valence-electron chi connectivity index (χ1n) is 5.05. The van der Waals surface area contributed by atoms with Gasteiger partial charge in [-0.2, -0.15) is 0 Å². The number of hydrogen-bond acceptors (Lipinski definition) is 5. The molecule has 0 aromatic rings. The van der Waals surface area contributed by atoms with Crippen molar-refractivity contribution >= 4 is 7.60 Å². The van der Waals surface area contributed by atoms with E-state index >= 15 is 0 Å². The lowest BCUT2D eigenvalue weighted by Crippen LogP contribution is -2.19. The smallest absolute Gasteiger partial charge is 0.330 e. The lowest BCUT2D eigenvalue weighted by molar-refractivity contribution is -0.136. The highest BCUT2D eigenvalue weighted by Crippen LogP contribution is 2.47. The van der Waals surface area contributed by atoms with Crippen LogP contribution >= 0.6 is 7.60 Å². The van der Waals surface area contributed by atoms with Crippen LogP contribution in [0.4, 0.5) is 0 Å². The van der Waals surface area contributed by atoms with Crippen molar-refractivity contribution in [3.8, 4) is 0 Å². The second kappa shape index (κ2) is 8.25. The monoisotopic (exact) mass is 240 g/mol. The Morgan fingerprint density at radius 3 is 1.87 bits per heavy atom. The van der Waals surface area contributed by atoms with Crippen LogP contribution in [0.1, 0.15) is 20.3 Å². The molecular formula is C9H21O5P. The summed E-state index contributed by atoms with van der Waals surface area (Å²) in [5.74, 6) is 0. The van der Waals surface area contributed by atoms with Crippen molar-refractivity contribution in [3.63, 3.8) is 0 Å². The minimum Gasteiger partial charge on any atom is -0.353 e. The van der Waals surface area contributed by atoms with Gasteiger partial charge in [0.2, 0.25) is 0 Å². The quantitative estimate of drug-likeness (QED) is 0.457. The van der Waals surface area contributed by atoms with Crippen molar-refractivity contribution in [2.75, 3.05) is 33.6 Å². The topological polar surface area (TPSA) is 54.0 Å². The highest BCUT2D eigenvalue weighted by molar-refractivity contribution is 7.53. The summed E-state index contributed by atoms with van der Waals surface area (Å²) in [6.07, 6.45) is 0.462. The molecule has 0 N–H and O–H groups in total. The summed E-state index contributed by atoms with van der Waals surface area (Å²) in [6, 6.07) is 0. The standard InChI is InChI=1S/C9H21O5P/c1-5-13-9(14-6-2)7-8-15(10,11-3)12-4/h9H,5-8H2,1-4H3. The Kier molecular flexibility index (Phi) is 8.29. The molecule has 0 saturated heterocycles. The Balaban J connectivity index is 4.01. The molecule has 0 amide bonds. The van der Waals surface area contributed by atoms with Gasteiger partial charge < -0.3 is 18.5 Å². The normalized spacial score (nSPS) is 12.3. The highest BCUT2D eigenvalue weighted by Gasteiger charge is 2.23. The molecule has 0 unspecified atom stereocenters. The minimum atomic E-state index is -2.94. The molecule has 6 heteroatoms. The first-order chi connectivity index (χ1) is 7.11. The predicted octanol–water partition coefficient (Wildman–Crippen LogP) is 2.26. The summed E-state index contributed by atoms with van der Waals surface area (Å²) < 4.78 is 32.0. The maximum absolute atomic E-state index is 11.7. The van der Waals surface area contributed by atoms with Crippen molar-refractivity contribution in [3.05, 3.63) is 0 Å². The molecule has 0 fully saturated rings. The van der Waals surface area contributed by atoms with E-state index in [0.29, 0.717) is 25.8 Å². The van der Waals surface area contributed by atoms with Crippen LogP contribution in [0, 0.1) is 0 Å². The molecule has 0 rings (SSSR count). The molecule has 15 heavy (non-hydrogen) atoms. The van der Waals surface area contributed by atoms with Crippen LogP contribution < -0.4 is 0 Å². The summed E-state index contributed by atoms with van der Waals surface area (Å²) >= 11 is 0. The third-order valence-electron chi connectivity index (χ3n) is 1.90. The fraction of sp³-hybridized carbons (Fsp3) is 1.00. The van der Waals surface area contributed by atoms with E-state index in [1.165, 1.54) is 14.2 Å². The van der Waals surface area contributed by atoms with E-state index in [2.05, 4.69) is 0 Å². The van der Waals surface area contributed by atoms with Gasteiger partial charge in [0.1, 0.15) is 0 Å². The van der Waals surface area contributed by atoms with Gasteiger partial charge in [0.05, 0.1) is 6.16 Å². The van der Waals surface area contributed by atoms with E-state index in [4.69, 9.17) is 18.5 Å². The van der Waals surface area contributed by atoms with Gasteiger partial charge in [-0.15, -0.1) is 0 Å². The van der Waals surface area contributed by atoms with Crippen molar-refractivity contribution < 1.29 is 23.1 Å². The first kappa shape index (κ1) is 15.1. The van der Waals surface area contributed by atoms with Gasteiger partial charge in [-0.3, -0.25) is 4.57 Å². The van der Waals surface area contributed by atoms with Gasteiger partial charge in [-0.25, -0.2) is 0 Å². The Hall–Kier alpha value is 0.0700. The van der Waals surface area contributed by atoms with E-state index in [0.717, 1.165) is 0 Å².